The van der Waals surface area contributed by atoms with Crippen molar-refractivity contribution in [1.29, 1.82) is 0 Å². The lowest BCUT2D eigenvalue weighted by atomic mass is 9.88. The van der Waals surface area contributed by atoms with Crippen LogP contribution in [0.25, 0.3) is 0 Å². The first-order chi connectivity index (χ1) is 17.0. The van der Waals surface area contributed by atoms with E-state index in [1.807, 2.05) is 6.08 Å². The fraction of sp³-hybridized carbons (Fsp3) is 0.688. The number of hydrogen-bond acceptors (Lipinski definition) is 3. The van der Waals surface area contributed by atoms with Gasteiger partial charge < -0.3 is 10.2 Å². The first kappa shape index (κ1) is 26.6. The average Bonchev–Trinajstić information content (AvgIpc) is 3.37. The van der Waals surface area contributed by atoms with E-state index in [0.717, 1.165) is 38.6 Å². The minimum absolute atomic E-state index is 0.183. The summed E-state index contributed by atoms with van der Waals surface area (Å²) in [5, 5.41) is 21.2. The predicted octanol–water partition coefficient (Wildman–Crippen LogP) is 6.68. The lowest BCUT2D eigenvalue weighted by Gasteiger charge is -2.26. The standard InChI is InChI=1S/C32H49NO2/c1-3-4-9-24(2)18-29(34)14-15-30-31-21-26(20-28(31)22-32(30)35)13-12-25-10-8-11-27(19-25)23-33-16-6-5-7-17-33/h8,10-11,14-15,19-20,24,28-32,34-35H,3-7,9,12-13,16-18,21-23H2,1-2H3/b15-14+/t24-,28-,29+,30+,31-,32+/m0/s1. The Morgan fingerprint density at radius 2 is 1.91 bits per heavy atom. The second-order valence-corrected chi connectivity index (χ2v) is 11.8. The van der Waals surface area contributed by atoms with E-state index in [0.29, 0.717) is 17.8 Å². The Balaban J connectivity index is 1.25. The van der Waals surface area contributed by atoms with Crippen LogP contribution in [0, 0.1) is 23.7 Å². The van der Waals surface area contributed by atoms with Crippen LogP contribution in [0.3, 0.4) is 0 Å². The molecule has 0 bridgehead atoms. The molecule has 3 nitrogen and oxygen atoms in total. The van der Waals surface area contributed by atoms with E-state index in [1.165, 1.54) is 62.7 Å². The van der Waals surface area contributed by atoms with Gasteiger partial charge in [-0.3, -0.25) is 4.90 Å². The highest BCUT2D eigenvalue weighted by atomic mass is 16.3. The molecule has 4 rings (SSSR count). The number of aryl methyl sites for hydroxylation is 1. The molecule has 1 saturated heterocycles. The summed E-state index contributed by atoms with van der Waals surface area (Å²) in [6, 6.07) is 9.23. The van der Waals surface area contributed by atoms with Crippen molar-refractivity contribution in [2.45, 2.75) is 103 Å². The second kappa shape index (κ2) is 13.2. The molecule has 6 atom stereocenters. The molecule has 3 heteroatoms. The van der Waals surface area contributed by atoms with Crippen molar-refractivity contribution in [2.24, 2.45) is 23.7 Å². The highest BCUT2D eigenvalue weighted by Gasteiger charge is 2.43. The number of likely N-dealkylation sites (tertiary alicyclic amines) is 1. The molecule has 1 aromatic rings. The lowest BCUT2D eigenvalue weighted by molar-refractivity contribution is 0.139. The molecule has 1 aromatic carbocycles. The van der Waals surface area contributed by atoms with Crippen LogP contribution in [0.5, 0.6) is 0 Å². The molecule has 2 aliphatic carbocycles. The van der Waals surface area contributed by atoms with Gasteiger partial charge in [0.1, 0.15) is 0 Å². The summed E-state index contributed by atoms with van der Waals surface area (Å²) in [7, 11) is 0. The second-order valence-electron chi connectivity index (χ2n) is 11.8. The summed E-state index contributed by atoms with van der Waals surface area (Å²) in [5.41, 5.74) is 4.48. The van der Waals surface area contributed by atoms with Crippen molar-refractivity contribution in [1.82, 2.24) is 4.90 Å². The van der Waals surface area contributed by atoms with Crippen LogP contribution in [0.15, 0.2) is 48.1 Å². The Morgan fingerprint density at radius 3 is 2.71 bits per heavy atom. The summed E-state index contributed by atoms with van der Waals surface area (Å²) < 4.78 is 0. The number of piperidine rings is 1. The lowest BCUT2D eigenvalue weighted by Crippen LogP contribution is -2.29. The summed E-state index contributed by atoms with van der Waals surface area (Å²) in [5.74, 6) is 1.74. The normalized spacial score (nSPS) is 28.9. The molecule has 0 amide bonds. The van der Waals surface area contributed by atoms with Crippen molar-refractivity contribution in [3.8, 4) is 0 Å². The molecule has 2 fully saturated rings. The third-order valence-electron chi connectivity index (χ3n) is 8.78. The molecule has 0 spiro atoms. The Hall–Kier alpha value is -1.42. The zero-order chi connectivity index (χ0) is 24.6. The fourth-order valence-electron chi connectivity index (χ4n) is 6.77. The van der Waals surface area contributed by atoms with Gasteiger partial charge in [0.25, 0.3) is 0 Å². The Labute approximate surface area is 214 Å². The maximum atomic E-state index is 10.7. The number of rotatable bonds is 12. The third kappa shape index (κ3) is 7.78. The zero-order valence-electron chi connectivity index (χ0n) is 22.2. The minimum Gasteiger partial charge on any atom is -0.392 e. The Bertz CT molecular complexity index is 840. The van der Waals surface area contributed by atoms with E-state index in [1.54, 1.807) is 5.57 Å². The third-order valence-corrected chi connectivity index (χ3v) is 8.78. The molecule has 2 N–H and O–H groups in total. The molecule has 1 saturated carbocycles. The number of hydrogen-bond donors (Lipinski definition) is 2. The van der Waals surface area contributed by atoms with Crippen molar-refractivity contribution >= 4 is 0 Å². The first-order valence-corrected chi connectivity index (χ1v) is 14.6. The van der Waals surface area contributed by atoms with E-state index in [4.69, 9.17) is 0 Å². The van der Waals surface area contributed by atoms with Crippen LogP contribution in [-0.4, -0.2) is 40.4 Å². The molecule has 1 aliphatic heterocycles. The maximum Gasteiger partial charge on any atom is 0.0723 e. The molecule has 0 unspecified atom stereocenters. The minimum atomic E-state index is -0.390. The van der Waals surface area contributed by atoms with Crippen molar-refractivity contribution < 1.29 is 10.2 Å². The van der Waals surface area contributed by atoms with Gasteiger partial charge in [0.2, 0.25) is 0 Å². The average molecular weight is 480 g/mol. The SMILES string of the molecule is CCCC[C@H](C)C[C@H](O)/C=C/[C@@H]1[C@H]2CC(CCc3cccc(CN4CCCCC4)c3)=C[C@H]2C[C@H]1O. The van der Waals surface area contributed by atoms with Crippen molar-refractivity contribution in [3.05, 3.63) is 59.2 Å². The van der Waals surface area contributed by atoms with E-state index in [-0.39, 0.29) is 18.1 Å². The van der Waals surface area contributed by atoms with E-state index in [2.05, 4.69) is 55.2 Å². The van der Waals surface area contributed by atoms with Crippen molar-refractivity contribution in [3.63, 3.8) is 0 Å². The van der Waals surface area contributed by atoms with Crippen LogP contribution in [-0.2, 0) is 13.0 Å². The quantitative estimate of drug-likeness (QED) is 0.329. The van der Waals surface area contributed by atoms with Gasteiger partial charge in [-0.2, -0.15) is 0 Å². The molecule has 194 valence electrons. The first-order valence-electron chi connectivity index (χ1n) is 14.6. The highest BCUT2D eigenvalue weighted by molar-refractivity contribution is 5.26. The molecule has 0 radical (unpaired) electrons. The molecular formula is C32H49NO2. The van der Waals surface area contributed by atoms with E-state index in [9.17, 15) is 10.2 Å². The Kier molecular flexibility index (Phi) is 10.1. The summed E-state index contributed by atoms with van der Waals surface area (Å²) in [6.45, 7) is 8.05. The van der Waals surface area contributed by atoms with Crippen molar-refractivity contribution in [2.75, 3.05) is 13.1 Å². The topological polar surface area (TPSA) is 43.7 Å². The van der Waals surface area contributed by atoms with Gasteiger partial charge in [0.15, 0.2) is 0 Å². The van der Waals surface area contributed by atoms with E-state index < -0.39 is 0 Å². The van der Waals surface area contributed by atoms with Gasteiger partial charge >= 0.3 is 0 Å². The van der Waals surface area contributed by atoms with E-state index >= 15 is 0 Å². The van der Waals surface area contributed by atoms with Crippen LogP contribution >= 0.6 is 0 Å². The number of nitrogens with zero attached hydrogens (tertiary/aromatic N) is 1. The number of benzene rings is 1. The maximum absolute atomic E-state index is 10.7. The summed E-state index contributed by atoms with van der Waals surface area (Å²) >= 11 is 0. The highest BCUT2D eigenvalue weighted by Crippen LogP contribution is 2.48. The van der Waals surface area contributed by atoms with Crippen LogP contribution in [0.4, 0.5) is 0 Å². The van der Waals surface area contributed by atoms with Crippen LogP contribution < -0.4 is 0 Å². The van der Waals surface area contributed by atoms with Gasteiger partial charge in [-0.15, -0.1) is 0 Å². The Morgan fingerprint density at radius 1 is 1.11 bits per heavy atom. The largest absolute Gasteiger partial charge is 0.392 e. The molecule has 1 heterocycles. The number of unbranched alkanes of at least 4 members (excludes halogenated alkanes) is 1. The summed E-state index contributed by atoms with van der Waals surface area (Å²) in [6.07, 6.45) is 18.7. The predicted molar refractivity (Wildman–Crippen MR) is 146 cm³/mol. The molecular weight excluding hydrogens is 430 g/mol. The van der Waals surface area contributed by atoms with Gasteiger partial charge in [-0.05, 0) is 86.9 Å². The molecule has 3 aliphatic rings. The number of fused-ring (bicyclic) bond motifs is 1. The zero-order valence-corrected chi connectivity index (χ0v) is 22.2. The summed E-state index contributed by atoms with van der Waals surface area (Å²) in [4.78, 5) is 2.60. The van der Waals surface area contributed by atoms with Gasteiger partial charge in [-0.1, -0.05) is 87.6 Å². The van der Waals surface area contributed by atoms with Gasteiger partial charge in [0, 0.05) is 12.5 Å². The van der Waals surface area contributed by atoms with Crippen LogP contribution in [0.2, 0.25) is 0 Å². The van der Waals surface area contributed by atoms with Crippen LogP contribution in [0.1, 0.15) is 89.2 Å². The van der Waals surface area contributed by atoms with Gasteiger partial charge in [-0.25, -0.2) is 0 Å². The number of aliphatic hydroxyl groups excluding tert-OH is 2. The monoisotopic (exact) mass is 479 g/mol. The van der Waals surface area contributed by atoms with Gasteiger partial charge in [0.05, 0.1) is 12.2 Å². The number of aliphatic hydroxyl groups is 2. The fourth-order valence-corrected chi connectivity index (χ4v) is 6.77. The molecule has 35 heavy (non-hydrogen) atoms. The smallest absolute Gasteiger partial charge is 0.0723 e. The molecule has 0 aromatic heterocycles. The number of allylic oxidation sites excluding steroid dienone is 2.